The number of imide groups is 1. The van der Waals surface area contributed by atoms with Crippen molar-refractivity contribution in [1.29, 1.82) is 0 Å². The van der Waals surface area contributed by atoms with Crippen LogP contribution in [0.1, 0.15) is 18.9 Å². The van der Waals surface area contributed by atoms with Crippen LogP contribution in [0.3, 0.4) is 0 Å². The van der Waals surface area contributed by atoms with Gasteiger partial charge >= 0.3 is 6.03 Å². The number of urea groups is 1. The van der Waals surface area contributed by atoms with Crippen LogP contribution in [0.4, 0.5) is 4.79 Å². The van der Waals surface area contributed by atoms with Crippen LogP contribution < -0.4 is 0 Å². The maximum absolute atomic E-state index is 12.0. The average molecular weight is 232 g/mol. The maximum atomic E-state index is 12.0. The lowest BCUT2D eigenvalue weighted by molar-refractivity contribution is -0.131. The van der Waals surface area contributed by atoms with E-state index < -0.39 is 0 Å². The third-order valence-electron chi connectivity index (χ3n) is 2.96. The fraction of sp³-hybridized carbons (Fsp3) is 0.385. The van der Waals surface area contributed by atoms with Gasteiger partial charge in [0.25, 0.3) is 0 Å². The van der Waals surface area contributed by atoms with Crippen molar-refractivity contribution >= 4 is 11.9 Å². The van der Waals surface area contributed by atoms with Crippen molar-refractivity contribution in [2.75, 3.05) is 13.1 Å². The number of hydrogen-bond donors (Lipinski definition) is 0. The number of carbonyl (C=O) groups is 2. The largest absolute Gasteiger partial charge is 0.327 e. The van der Waals surface area contributed by atoms with Crippen LogP contribution in [0.2, 0.25) is 0 Å². The Labute approximate surface area is 101 Å². The number of carbonyl (C=O) groups excluding carboxylic acids is 2. The lowest BCUT2D eigenvalue weighted by Crippen LogP contribution is -2.51. The van der Waals surface area contributed by atoms with Crippen molar-refractivity contribution in [2.24, 2.45) is 0 Å². The molecule has 0 aliphatic carbocycles. The summed E-state index contributed by atoms with van der Waals surface area (Å²) in [6.45, 7) is 3.49. The zero-order valence-corrected chi connectivity index (χ0v) is 9.93. The number of nitrogens with zero attached hydrogens (tertiary/aromatic N) is 2. The third kappa shape index (κ3) is 2.46. The summed E-state index contributed by atoms with van der Waals surface area (Å²) in [5.74, 6) is -0.0800. The second kappa shape index (κ2) is 4.99. The van der Waals surface area contributed by atoms with Gasteiger partial charge in [0.05, 0.1) is 6.54 Å². The molecule has 0 saturated carbocycles. The van der Waals surface area contributed by atoms with Crippen LogP contribution in [0.15, 0.2) is 30.3 Å². The summed E-state index contributed by atoms with van der Waals surface area (Å²) >= 11 is 0. The first kappa shape index (κ1) is 11.6. The molecule has 2 rings (SSSR count). The Kier molecular flexibility index (Phi) is 3.42. The van der Waals surface area contributed by atoms with E-state index in [1.54, 1.807) is 4.90 Å². The second-order valence-corrected chi connectivity index (χ2v) is 4.08. The Morgan fingerprint density at radius 2 is 1.88 bits per heavy atom. The van der Waals surface area contributed by atoms with Crippen molar-refractivity contribution in [2.45, 2.75) is 19.9 Å². The standard InChI is InChI=1S/C13H16N2O2/c1-2-14-9-8-12(16)15(13(14)17)10-11-6-4-3-5-7-11/h3-7H,2,8-10H2,1H3. The van der Waals surface area contributed by atoms with Crippen molar-refractivity contribution in [3.63, 3.8) is 0 Å². The van der Waals surface area contributed by atoms with Crippen LogP contribution in [-0.4, -0.2) is 34.8 Å². The van der Waals surface area contributed by atoms with Crippen LogP contribution >= 0.6 is 0 Å². The highest BCUT2D eigenvalue weighted by Crippen LogP contribution is 2.14. The van der Waals surface area contributed by atoms with E-state index in [1.165, 1.54) is 4.90 Å². The molecule has 1 aliphatic rings. The molecule has 90 valence electrons. The molecule has 4 nitrogen and oxygen atoms in total. The van der Waals surface area contributed by atoms with Gasteiger partial charge in [0.1, 0.15) is 0 Å². The van der Waals surface area contributed by atoms with Gasteiger partial charge in [-0.15, -0.1) is 0 Å². The van der Waals surface area contributed by atoms with Crippen molar-refractivity contribution in [3.05, 3.63) is 35.9 Å². The van der Waals surface area contributed by atoms with Gasteiger partial charge in [-0.1, -0.05) is 30.3 Å². The predicted molar refractivity (Wildman–Crippen MR) is 64.3 cm³/mol. The van der Waals surface area contributed by atoms with Gasteiger partial charge in [0, 0.05) is 19.5 Å². The second-order valence-electron chi connectivity index (χ2n) is 4.08. The zero-order chi connectivity index (χ0) is 12.3. The van der Waals surface area contributed by atoms with Gasteiger partial charge in [-0.25, -0.2) is 4.79 Å². The Morgan fingerprint density at radius 3 is 2.53 bits per heavy atom. The molecule has 4 heteroatoms. The maximum Gasteiger partial charge on any atom is 0.327 e. The quantitative estimate of drug-likeness (QED) is 0.798. The van der Waals surface area contributed by atoms with Crippen LogP contribution in [0.25, 0.3) is 0 Å². The van der Waals surface area contributed by atoms with Crippen molar-refractivity contribution in [3.8, 4) is 0 Å². The molecule has 1 aliphatic heterocycles. The topological polar surface area (TPSA) is 40.6 Å². The number of hydrogen-bond acceptors (Lipinski definition) is 2. The van der Waals surface area contributed by atoms with Gasteiger partial charge in [0.2, 0.25) is 5.91 Å². The molecular weight excluding hydrogens is 216 g/mol. The number of benzene rings is 1. The Morgan fingerprint density at radius 1 is 1.18 bits per heavy atom. The minimum atomic E-state index is -0.174. The molecule has 1 aromatic carbocycles. The molecule has 0 radical (unpaired) electrons. The van der Waals surface area contributed by atoms with E-state index >= 15 is 0 Å². The van der Waals surface area contributed by atoms with Crippen LogP contribution in [0.5, 0.6) is 0 Å². The third-order valence-corrected chi connectivity index (χ3v) is 2.96. The van der Waals surface area contributed by atoms with Gasteiger partial charge in [-0.05, 0) is 12.5 Å². The predicted octanol–water partition coefficient (Wildman–Crippen LogP) is 1.86. The SMILES string of the molecule is CCN1CCC(=O)N(Cc2ccccc2)C1=O. The summed E-state index contributed by atoms with van der Waals surface area (Å²) in [5.41, 5.74) is 0.979. The van der Waals surface area contributed by atoms with E-state index in [-0.39, 0.29) is 11.9 Å². The lowest BCUT2D eigenvalue weighted by atomic mass is 10.2. The smallest absolute Gasteiger partial charge is 0.324 e. The summed E-state index contributed by atoms with van der Waals surface area (Å²) in [4.78, 5) is 26.8. The Hall–Kier alpha value is -1.84. The Balaban J connectivity index is 2.13. The van der Waals surface area contributed by atoms with Gasteiger partial charge in [-0.3, -0.25) is 9.69 Å². The zero-order valence-electron chi connectivity index (χ0n) is 9.93. The van der Waals surface area contributed by atoms with Crippen molar-refractivity contribution < 1.29 is 9.59 Å². The molecule has 0 aromatic heterocycles. The molecule has 0 N–H and O–H groups in total. The van der Waals surface area contributed by atoms with Crippen LogP contribution in [0, 0.1) is 0 Å². The molecule has 1 heterocycles. The Bertz CT molecular complexity index is 417. The first-order chi connectivity index (χ1) is 8.22. The van der Waals surface area contributed by atoms with E-state index in [9.17, 15) is 9.59 Å². The number of rotatable bonds is 3. The molecule has 0 bridgehead atoms. The fourth-order valence-corrected chi connectivity index (χ4v) is 1.95. The fourth-order valence-electron chi connectivity index (χ4n) is 1.95. The average Bonchev–Trinajstić information content (AvgIpc) is 2.36. The molecule has 0 unspecified atom stereocenters. The monoisotopic (exact) mass is 232 g/mol. The summed E-state index contributed by atoms with van der Waals surface area (Å²) in [5, 5.41) is 0. The summed E-state index contributed by atoms with van der Waals surface area (Å²) in [6.07, 6.45) is 0.423. The van der Waals surface area contributed by atoms with E-state index in [0.29, 0.717) is 26.1 Å². The molecule has 0 spiro atoms. The molecule has 1 fully saturated rings. The molecular formula is C13H16N2O2. The molecule has 3 amide bonds. The van der Waals surface area contributed by atoms with Crippen molar-refractivity contribution in [1.82, 2.24) is 9.80 Å². The molecule has 0 atom stereocenters. The van der Waals surface area contributed by atoms with Gasteiger partial charge in [-0.2, -0.15) is 0 Å². The summed E-state index contributed by atoms with van der Waals surface area (Å²) in [6, 6.07) is 9.41. The highest BCUT2D eigenvalue weighted by molar-refractivity contribution is 5.96. The highest BCUT2D eigenvalue weighted by atomic mass is 16.2. The van der Waals surface area contributed by atoms with Crippen LogP contribution in [-0.2, 0) is 11.3 Å². The molecule has 17 heavy (non-hydrogen) atoms. The van der Waals surface area contributed by atoms with Gasteiger partial charge < -0.3 is 4.90 Å². The highest BCUT2D eigenvalue weighted by Gasteiger charge is 2.30. The van der Waals surface area contributed by atoms with Gasteiger partial charge in [0.15, 0.2) is 0 Å². The van der Waals surface area contributed by atoms with E-state index in [4.69, 9.17) is 0 Å². The van der Waals surface area contributed by atoms with E-state index in [2.05, 4.69) is 0 Å². The summed E-state index contributed by atoms with van der Waals surface area (Å²) in [7, 11) is 0. The first-order valence-corrected chi connectivity index (χ1v) is 5.85. The minimum absolute atomic E-state index is 0.0800. The normalized spacial score (nSPS) is 16.5. The number of amides is 3. The lowest BCUT2D eigenvalue weighted by Gasteiger charge is -2.33. The summed E-state index contributed by atoms with van der Waals surface area (Å²) < 4.78 is 0. The van der Waals surface area contributed by atoms with E-state index in [1.807, 2.05) is 37.3 Å². The van der Waals surface area contributed by atoms with E-state index in [0.717, 1.165) is 5.56 Å². The first-order valence-electron chi connectivity index (χ1n) is 5.85. The molecule has 1 saturated heterocycles. The minimum Gasteiger partial charge on any atom is -0.324 e. The molecule has 1 aromatic rings.